The Morgan fingerprint density at radius 3 is 2.48 bits per heavy atom. The summed E-state index contributed by atoms with van der Waals surface area (Å²) < 4.78 is 13.3. The Bertz CT molecular complexity index is 950. The second-order valence-electron chi connectivity index (χ2n) is 6.90. The number of benzene rings is 2. The molecular weight excluding hydrogens is 397 g/mol. The van der Waals surface area contributed by atoms with E-state index in [1.165, 1.54) is 24.3 Å². The predicted molar refractivity (Wildman–Crippen MR) is 107 cm³/mol. The standard InChI is InChI=1S/C21H21ClFN3O3/c1-3-21(14-8-10-15(23)11-9-14)19(28)26(20(29)25-21)12-18(27)24-13(2)16-6-4-5-7-17(16)22/h4-11,13H,3,12H2,1-2H3,(H,24,27)(H,25,29)/t13-,21-/m0/s1. The fourth-order valence-electron chi connectivity index (χ4n) is 3.48. The second kappa shape index (κ2) is 8.21. The Morgan fingerprint density at radius 2 is 1.86 bits per heavy atom. The van der Waals surface area contributed by atoms with Crippen LogP contribution < -0.4 is 10.6 Å². The number of hydrogen-bond acceptors (Lipinski definition) is 3. The summed E-state index contributed by atoms with van der Waals surface area (Å²) in [5, 5.41) is 5.93. The minimum atomic E-state index is -1.32. The van der Waals surface area contributed by atoms with Crippen LogP contribution in [0.2, 0.25) is 5.02 Å². The van der Waals surface area contributed by atoms with Crippen LogP contribution >= 0.6 is 11.6 Å². The summed E-state index contributed by atoms with van der Waals surface area (Å²) in [4.78, 5) is 38.9. The number of carbonyl (C=O) groups excluding carboxylic acids is 3. The maximum Gasteiger partial charge on any atom is 0.325 e. The number of nitrogens with one attached hydrogen (secondary N) is 2. The maximum absolute atomic E-state index is 13.3. The van der Waals surface area contributed by atoms with Crippen molar-refractivity contribution in [1.29, 1.82) is 0 Å². The highest BCUT2D eigenvalue weighted by molar-refractivity contribution is 6.31. The number of carbonyl (C=O) groups is 3. The van der Waals surface area contributed by atoms with Crippen LogP contribution in [-0.2, 0) is 15.1 Å². The van der Waals surface area contributed by atoms with E-state index in [4.69, 9.17) is 11.6 Å². The normalized spacial score (nSPS) is 19.8. The molecule has 2 aromatic rings. The molecule has 0 bridgehead atoms. The molecule has 8 heteroatoms. The van der Waals surface area contributed by atoms with Crippen molar-refractivity contribution in [3.63, 3.8) is 0 Å². The minimum Gasteiger partial charge on any atom is -0.348 e. The average Bonchev–Trinajstić information content (AvgIpc) is 2.94. The highest BCUT2D eigenvalue weighted by atomic mass is 35.5. The quantitative estimate of drug-likeness (QED) is 0.706. The molecule has 6 nitrogen and oxygen atoms in total. The van der Waals surface area contributed by atoms with E-state index in [1.54, 1.807) is 38.1 Å². The highest BCUT2D eigenvalue weighted by Gasteiger charge is 2.51. The Morgan fingerprint density at radius 1 is 1.21 bits per heavy atom. The fourth-order valence-corrected chi connectivity index (χ4v) is 3.78. The Hall–Kier alpha value is -2.93. The van der Waals surface area contributed by atoms with Crippen LogP contribution in [0.5, 0.6) is 0 Å². The number of rotatable bonds is 6. The molecule has 1 aliphatic rings. The third-order valence-electron chi connectivity index (χ3n) is 5.09. The summed E-state index contributed by atoms with van der Waals surface area (Å²) in [6.07, 6.45) is 0.261. The van der Waals surface area contributed by atoms with Crippen LogP contribution in [0.15, 0.2) is 48.5 Å². The molecule has 2 N–H and O–H groups in total. The molecule has 1 heterocycles. The molecule has 1 aliphatic heterocycles. The van der Waals surface area contributed by atoms with Gasteiger partial charge in [-0.2, -0.15) is 0 Å². The van der Waals surface area contributed by atoms with Gasteiger partial charge in [0, 0.05) is 5.02 Å². The molecule has 1 saturated heterocycles. The zero-order valence-electron chi connectivity index (χ0n) is 16.0. The second-order valence-corrected chi connectivity index (χ2v) is 7.31. The molecule has 0 aliphatic carbocycles. The van der Waals surface area contributed by atoms with E-state index in [9.17, 15) is 18.8 Å². The van der Waals surface area contributed by atoms with Crippen molar-refractivity contribution in [3.8, 4) is 0 Å². The third kappa shape index (κ3) is 3.96. The first-order valence-electron chi connectivity index (χ1n) is 9.22. The summed E-state index contributed by atoms with van der Waals surface area (Å²) in [5.41, 5.74) is -0.125. The first-order chi connectivity index (χ1) is 13.8. The molecule has 0 aromatic heterocycles. The Kier molecular flexibility index (Phi) is 5.88. The molecule has 2 aromatic carbocycles. The maximum atomic E-state index is 13.3. The Labute approximate surface area is 173 Å². The predicted octanol–water partition coefficient (Wildman–Crippen LogP) is 3.51. The topological polar surface area (TPSA) is 78.5 Å². The third-order valence-corrected chi connectivity index (χ3v) is 5.44. The molecule has 29 heavy (non-hydrogen) atoms. The molecule has 152 valence electrons. The lowest BCUT2D eigenvalue weighted by atomic mass is 9.87. The van der Waals surface area contributed by atoms with E-state index >= 15 is 0 Å². The van der Waals surface area contributed by atoms with Gasteiger partial charge >= 0.3 is 6.03 Å². The van der Waals surface area contributed by atoms with E-state index in [-0.39, 0.29) is 6.42 Å². The van der Waals surface area contributed by atoms with Crippen molar-refractivity contribution >= 4 is 29.4 Å². The van der Waals surface area contributed by atoms with E-state index < -0.39 is 41.8 Å². The fraction of sp³-hybridized carbons (Fsp3) is 0.286. The summed E-state index contributed by atoms with van der Waals surface area (Å²) in [5.74, 6) is -1.48. The van der Waals surface area contributed by atoms with Gasteiger partial charge in [-0.05, 0) is 42.7 Å². The van der Waals surface area contributed by atoms with Gasteiger partial charge in [0.25, 0.3) is 5.91 Å². The first kappa shape index (κ1) is 20.8. The van der Waals surface area contributed by atoms with E-state index in [0.717, 1.165) is 10.5 Å². The van der Waals surface area contributed by atoms with Crippen molar-refractivity contribution in [3.05, 3.63) is 70.5 Å². The van der Waals surface area contributed by atoms with Crippen molar-refractivity contribution in [1.82, 2.24) is 15.5 Å². The number of nitrogens with zero attached hydrogens (tertiary/aromatic N) is 1. The van der Waals surface area contributed by atoms with Gasteiger partial charge in [0.15, 0.2) is 0 Å². The summed E-state index contributed by atoms with van der Waals surface area (Å²) >= 11 is 6.15. The highest BCUT2D eigenvalue weighted by Crippen LogP contribution is 2.32. The zero-order valence-corrected chi connectivity index (χ0v) is 16.8. The van der Waals surface area contributed by atoms with E-state index in [2.05, 4.69) is 10.6 Å². The van der Waals surface area contributed by atoms with E-state index in [0.29, 0.717) is 10.6 Å². The number of amides is 4. The lowest BCUT2D eigenvalue weighted by Crippen LogP contribution is -2.45. The summed E-state index contributed by atoms with van der Waals surface area (Å²) in [7, 11) is 0. The Balaban J connectivity index is 1.75. The van der Waals surface area contributed by atoms with Gasteiger partial charge in [0.2, 0.25) is 5.91 Å². The summed E-state index contributed by atoms with van der Waals surface area (Å²) in [6.45, 7) is 3.08. The van der Waals surface area contributed by atoms with Crippen LogP contribution in [0, 0.1) is 5.82 Å². The summed E-state index contributed by atoms with van der Waals surface area (Å²) in [6, 6.07) is 11.4. The molecule has 1 fully saturated rings. The van der Waals surface area contributed by atoms with Crippen LogP contribution in [-0.4, -0.2) is 29.3 Å². The van der Waals surface area contributed by atoms with Crippen molar-refractivity contribution in [2.75, 3.05) is 6.54 Å². The van der Waals surface area contributed by atoms with Gasteiger partial charge in [-0.3, -0.25) is 14.5 Å². The van der Waals surface area contributed by atoms with Crippen molar-refractivity contribution < 1.29 is 18.8 Å². The molecule has 0 spiro atoms. The molecular formula is C21H21ClFN3O3. The van der Waals surface area contributed by atoms with Crippen LogP contribution in [0.4, 0.5) is 9.18 Å². The largest absolute Gasteiger partial charge is 0.348 e. The van der Waals surface area contributed by atoms with Gasteiger partial charge in [-0.15, -0.1) is 0 Å². The van der Waals surface area contributed by atoms with Gasteiger partial charge in [-0.1, -0.05) is 48.9 Å². The van der Waals surface area contributed by atoms with Gasteiger partial charge in [-0.25, -0.2) is 9.18 Å². The number of urea groups is 1. The van der Waals surface area contributed by atoms with Gasteiger partial charge in [0.1, 0.15) is 17.9 Å². The molecule has 0 unspecified atom stereocenters. The smallest absolute Gasteiger partial charge is 0.325 e. The van der Waals surface area contributed by atoms with Gasteiger partial charge < -0.3 is 10.6 Å². The molecule has 2 atom stereocenters. The zero-order chi connectivity index (χ0) is 21.2. The average molecular weight is 418 g/mol. The molecule has 4 amide bonds. The van der Waals surface area contributed by atoms with Gasteiger partial charge in [0.05, 0.1) is 6.04 Å². The van der Waals surface area contributed by atoms with Crippen molar-refractivity contribution in [2.24, 2.45) is 0 Å². The number of imide groups is 1. The van der Waals surface area contributed by atoms with Crippen LogP contribution in [0.25, 0.3) is 0 Å². The van der Waals surface area contributed by atoms with Crippen molar-refractivity contribution in [2.45, 2.75) is 31.8 Å². The molecule has 0 radical (unpaired) electrons. The monoisotopic (exact) mass is 417 g/mol. The van der Waals surface area contributed by atoms with Crippen LogP contribution in [0.1, 0.15) is 37.4 Å². The lowest BCUT2D eigenvalue weighted by Gasteiger charge is -2.25. The SMILES string of the molecule is CC[C@@]1(c2ccc(F)cc2)NC(=O)N(CC(=O)N[C@@H](C)c2ccccc2Cl)C1=O. The van der Waals surface area contributed by atoms with E-state index in [1.807, 2.05) is 0 Å². The first-order valence-corrected chi connectivity index (χ1v) is 9.60. The minimum absolute atomic E-state index is 0.261. The lowest BCUT2D eigenvalue weighted by molar-refractivity contribution is -0.135. The number of hydrogen-bond donors (Lipinski definition) is 2. The van der Waals surface area contributed by atoms with Crippen LogP contribution in [0.3, 0.4) is 0 Å². The molecule has 3 rings (SSSR count). The number of halogens is 2. The molecule has 0 saturated carbocycles.